The second-order valence-corrected chi connectivity index (χ2v) is 7.31. The maximum atomic E-state index is 14.6. The molecule has 1 fully saturated rings. The van der Waals surface area contributed by atoms with Crippen molar-refractivity contribution in [1.82, 2.24) is 15.6 Å². The van der Waals surface area contributed by atoms with Gasteiger partial charge < -0.3 is 15.4 Å². The summed E-state index contributed by atoms with van der Waals surface area (Å²) in [5.74, 6) is 0.178. The van der Waals surface area contributed by atoms with Gasteiger partial charge in [0.1, 0.15) is 5.82 Å². The third kappa shape index (κ3) is 3.34. The van der Waals surface area contributed by atoms with E-state index in [4.69, 9.17) is 16.3 Å². The zero-order valence-corrected chi connectivity index (χ0v) is 15.7. The lowest BCUT2D eigenvalue weighted by Crippen LogP contribution is -2.57. The first-order valence-electron chi connectivity index (χ1n) is 9.08. The summed E-state index contributed by atoms with van der Waals surface area (Å²) in [5, 5.41) is 9.21. The largest absolute Gasteiger partial charge is 0.415 e. The molecule has 1 aromatic carbocycles. The summed E-state index contributed by atoms with van der Waals surface area (Å²) in [7, 11) is 0. The minimum Gasteiger partial charge on any atom is -0.376 e. The predicted molar refractivity (Wildman–Crippen MR) is 101 cm³/mol. The number of pyridine rings is 1. The van der Waals surface area contributed by atoms with Crippen LogP contribution in [-0.4, -0.2) is 43.5 Å². The number of nitrogens with one attached hydrogen (secondary N) is 3. The van der Waals surface area contributed by atoms with Gasteiger partial charge in [-0.1, -0.05) is 17.7 Å². The predicted octanol–water partition coefficient (Wildman–Crippen LogP) is 3.57. The number of hydrogen-bond donors (Lipinski definition) is 3. The fourth-order valence-electron chi connectivity index (χ4n) is 3.84. The molecular formula is C19H20ClF3N4O. The molecule has 28 heavy (non-hydrogen) atoms. The van der Waals surface area contributed by atoms with Crippen LogP contribution >= 0.6 is 11.6 Å². The minimum absolute atomic E-state index is 0.0277. The van der Waals surface area contributed by atoms with E-state index in [0.29, 0.717) is 25.3 Å². The molecule has 150 valence electrons. The van der Waals surface area contributed by atoms with Crippen molar-refractivity contribution in [2.75, 3.05) is 31.6 Å². The monoisotopic (exact) mass is 412 g/mol. The minimum atomic E-state index is -4.61. The van der Waals surface area contributed by atoms with Gasteiger partial charge in [-0.25, -0.2) is 4.98 Å². The Morgan fingerprint density at radius 1 is 1.29 bits per heavy atom. The molecule has 0 amide bonds. The Morgan fingerprint density at radius 3 is 2.89 bits per heavy atom. The van der Waals surface area contributed by atoms with Gasteiger partial charge >= 0.3 is 6.18 Å². The van der Waals surface area contributed by atoms with Gasteiger partial charge in [0.15, 0.2) is 5.54 Å². The third-order valence-corrected chi connectivity index (χ3v) is 5.37. The van der Waals surface area contributed by atoms with E-state index in [1.165, 1.54) is 24.4 Å². The fraction of sp³-hybridized carbons (Fsp3) is 0.421. The fourth-order valence-corrected chi connectivity index (χ4v) is 4.01. The van der Waals surface area contributed by atoms with Crippen LogP contribution in [0.15, 0.2) is 36.5 Å². The van der Waals surface area contributed by atoms with Crippen molar-refractivity contribution in [3.63, 3.8) is 0 Å². The number of anilines is 2. The van der Waals surface area contributed by atoms with Crippen molar-refractivity contribution in [2.45, 2.75) is 24.2 Å². The molecule has 1 aromatic heterocycles. The average Bonchev–Trinajstić information content (AvgIpc) is 2.67. The zero-order chi connectivity index (χ0) is 19.8. The summed E-state index contributed by atoms with van der Waals surface area (Å²) in [6.45, 7) is 2.06. The second kappa shape index (κ2) is 7.51. The number of aromatic nitrogens is 1. The lowest BCUT2D eigenvalue weighted by atomic mass is 9.78. The van der Waals surface area contributed by atoms with E-state index < -0.39 is 11.7 Å². The summed E-state index contributed by atoms with van der Waals surface area (Å²) < 4.78 is 49.6. The first kappa shape index (κ1) is 19.4. The molecule has 2 aromatic rings. The molecule has 5 nitrogen and oxygen atoms in total. The first-order valence-corrected chi connectivity index (χ1v) is 9.46. The molecular weight excluding hydrogens is 393 g/mol. The van der Waals surface area contributed by atoms with Crippen LogP contribution in [0.1, 0.15) is 17.5 Å². The van der Waals surface area contributed by atoms with Crippen LogP contribution in [0.5, 0.6) is 0 Å². The molecule has 3 N–H and O–H groups in total. The van der Waals surface area contributed by atoms with E-state index in [1.54, 1.807) is 12.1 Å². The Kier molecular flexibility index (Phi) is 5.22. The molecule has 1 saturated heterocycles. The number of fused-ring (bicyclic) bond motifs is 2. The van der Waals surface area contributed by atoms with Gasteiger partial charge in [0.25, 0.3) is 0 Å². The smallest absolute Gasteiger partial charge is 0.376 e. The van der Waals surface area contributed by atoms with Gasteiger partial charge in [0, 0.05) is 41.1 Å². The highest BCUT2D eigenvalue weighted by atomic mass is 35.5. The Labute approximate surface area is 165 Å². The Balaban J connectivity index is 1.75. The van der Waals surface area contributed by atoms with Crippen molar-refractivity contribution >= 4 is 23.1 Å². The normalized spacial score (nSPS) is 24.2. The molecule has 0 saturated carbocycles. The Hall–Kier alpha value is -1.87. The van der Waals surface area contributed by atoms with Gasteiger partial charge in [-0.05, 0) is 37.2 Å². The van der Waals surface area contributed by atoms with Crippen LogP contribution in [0.2, 0.25) is 5.02 Å². The van der Waals surface area contributed by atoms with E-state index in [-0.39, 0.29) is 34.6 Å². The first-order chi connectivity index (χ1) is 13.4. The third-order valence-electron chi connectivity index (χ3n) is 5.14. The molecule has 0 bridgehead atoms. The highest BCUT2D eigenvalue weighted by Gasteiger charge is 2.60. The molecule has 2 atom stereocenters. The quantitative estimate of drug-likeness (QED) is 0.716. The maximum absolute atomic E-state index is 14.6. The Morgan fingerprint density at radius 2 is 2.14 bits per heavy atom. The van der Waals surface area contributed by atoms with Gasteiger partial charge in [0.05, 0.1) is 12.7 Å². The van der Waals surface area contributed by atoms with E-state index in [0.717, 1.165) is 6.54 Å². The summed E-state index contributed by atoms with van der Waals surface area (Å²) in [4.78, 5) is 4.13. The number of benzene rings is 1. The lowest BCUT2D eigenvalue weighted by Gasteiger charge is -2.42. The van der Waals surface area contributed by atoms with Gasteiger partial charge in [-0.3, -0.25) is 5.32 Å². The number of hydrogen-bond acceptors (Lipinski definition) is 5. The van der Waals surface area contributed by atoms with Crippen molar-refractivity contribution in [1.29, 1.82) is 0 Å². The summed E-state index contributed by atoms with van der Waals surface area (Å²) in [5.41, 5.74) is -2.02. The number of morpholine rings is 1. The molecule has 2 aliphatic heterocycles. The van der Waals surface area contributed by atoms with E-state index in [2.05, 4.69) is 20.9 Å². The Bertz CT molecular complexity index is 857. The summed E-state index contributed by atoms with van der Waals surface area (Å²) >= 11 is 6.07. The van der Waals surface area contributed by atoms with Crippen LogP contribution in [0.3, 0.4) is 0 Å². The highest BCUT2D eigenvalue weighted by molar-refractivity contribution is 6.30. The van der Waals surface area contributed by atoms with E-state index in [9.17, 15) is 13.2 Å². The van der Waals surface area contributed by atoms with Crippen molar-refractivity contribution in [3.05, 3.63) is 52.7 Å². The van der Waals surface area contributed by atoms with E-state index >= 15 is 0 Å². The van der Waals surface area contributed by atoms with Gasteiger partial charge in [-0.15, -0.1) is 0 Å². The second-order valence-electron chi connectivity index (χ2n) is 6.87. The molecule has 2 aliphatic rings. The van der Waals surface area contributed by atoms with Gasteiger partial charge in [0.2, 0.25) is 0 Å². The molecule has 4 rings (SSSR count). The van der Waals surface area contributed by atoms with Crippen molar-refractivity contribution < 1.29 is 17.9 Å². The average molecular weight is 413 g/mol. The number of alkyl halides is 3. The number of nitrogens with zero attached hydrogens (tertiary/aromatic N) is 1. The molecule has 9 heteroatoms. The lowest BCUT2D eigenvalue weighted by molar-refractivity contribution is -0.188. The molecule has 0 radical (unpaired) electrons. The topological polar surface area (TPSA) is 58.2 Å². The number of ether oxygens (including phenoxy) is 1. The summed E-state index contributed by atoms with van der Waals surface area (Å²) in [6.07, 6.45) is -2.82. The number of halogens is 4. The molecule has 3 heterocycles. The van der Waals surface area contributed by atoms with Crippen LogP contribution in [0.4, 0.5) is 24.7 Å². The zero-order valence-electron chi connectivity index (χ0n) is 14.9. The highest BCUT2D eigenvalue weighted by Crippen LogP contribution is 2.52. The van der Waals surface area contributed by atoms with E-state index in [1.807, 2.05) is 0 Å². The van der Waals surface area contributed by atoms with Crippen molar-refractivity contribution in [3.8, 4) is 0 Å². The van der Waals surface area contributed by atoms with Crippen molar-refractivity contribution in [2.24, 2.45) is 0 Å². The van der Waals surface area contributed by atoms with Crippen LogP contribution in [0.25, 0.3) is 0 Å². The van der Waals surface area contributed by atoms with Gasteiger partial charge in [-0.2, -0.15) is 13.2 Å². The molecule has 0 aliphatic carbocycles. The summed E-state index contributed by atoms with van der Waals surface area (Å²) in [6, 6.07) is 7.42. The number of rotatable bonds is 4. The molecule has 0 spiro atoms. The van der Waals surface area contributed by atoms with Crippen LogP contribution < -0.4 is 16.0 Å². The standard InChI is InChI=1S/C19H20ClF3N4O/c20-12-3-4-16-15(10-12)18(19(21,22)23,14-2-1-6-25-17(14)27-16)26-7-5-13-11-24-8-9-28-13/h1-4,6,10,13,24,26H,5,7-9,11H2,(H,25,27). The maximum Gasteiger partial charge on any atom is 0.415 e. The SMILES string of the molecule is FC(F)(F)C1(NCCC2CNCCO2)c2cc(Cl)ccc2Nc2ncccc21. The molecule has 2 unspecified atom stereocenters. The van der Waals surface area contributed by atoms with Crippen LogP contribution in [-0.2, 0) is 10.3 Å². The van der Waals surface area contributed by atoms with Crippen LogP contribution in [0, 0.1) is 0 Å².